The minimum atomic E-state index is -0.979. The van der Waals surface area contributed by atoms with Crippen LogP contribution in [0, 0.1) is 0 Å². The minimum absolute atomic E-state index is 0.0405. The molecule has 2 N–H and O–H groups in total. The molecule has 0 fully saturated rings. The second-order valence-electron chi connectivity index (χ2n) is 7.32. The Morgan fingerprint density at radius 2 is 1.57 bits per heavy atom. The van der Waals surface area contributed by atoms with Gasteiger partial charge in [-0.3, -0.25) is 9.78 Å². The molecule has 6 heteroatoms. The van der Waals surface area contributed by atoms with Gasteiger partial charge in [-0.25, -0.2) is 4.79 Å². The van der Waals surface area contributed by atoms with E-state index in [2.05, 4.69) is 34.6 Å². The fraction of sp³-hybridized carbons (Fsp3) is 0.208. The average Bonchev–Trinajstić information content (AvgIpc) is 3.06. The van der Waals surface area contributed by atoms with Gasteiger partial charge in [-0.15, -0.1) is 0 Å². The number of pyridine rings is 1. The lowest BCUT2D eigenvalue weighted by atomic mass is 9.98. The van der Waals surface area contributed by atoms with Crippen molar-refractivity contribution in [3.8, 4) is 11.1 Å². The molecule has 1 atom stereocenters. The second-order valence-corrected chi connectivity index (χ2v) is 7.32. The summed E-state index contributed by atoms with van der Waals surface area (Å²) in [7, 11) is 0. The van der Waals surface area contributed by atoms with Crippen LogP contribution in [0.1, 0.15) is 29.0 Å². The summed E-state index contributed by atoms with van der Waals surface area (Å²) in [4.78, 5) is 27.6. The van der Waals surface area contributed by atoms with Gasteiger partial charge in [-0.2, -0.15) is 0 Å². The van der Waals surface area contributed by atoms with Crippen molar-refractivity contribution >= 4 is 12.1 Å². The molecular formula is C24H22N2O4. The number of alkyl carbamates (subject to hydrolysis) is 1. The largest absolute Gasteiger partial charge is 0.481 e. The number of fused-ring (bicyclic) bond motifs is 3. The summed E-state index contributed by atoms with van der Waals surface area (Å²) in [5.74, 6) is -1.02. The number of rotatable bonds is 7. The quantitative estimate of drug-likeness (QED) is 0.623. The molecule has 4 rings (SSSR count). The van der Waals surface area contributed by atoms with Gasteiger partial charge < -0.3 is 15.2 Å². The van der Waals surface area contributed by atoms with Crippen LogP contribution in [-0.4, -0.2) is 34.8 Å². The number of ether oxygens (including phenoxy) is 1. The summed E-state index contributed by atoms with van der Waals surface area (Å²) in [6, 6.07) is 19.3. The molecule has 0 spiro atoms. The Bertz CT molecular complexity index is 1010. The fourth-order valence-corrected chi connectivity index (χ4v) is 4.00. The van der Waals surface area contributed by atoms with E-state index in [0.29, 0.717) is 6.42 Å². The number of aliphatic carboxylic acids is 1. The number of carbonyl (C=O) groups excluding carboxylic acids is 1. The highest BCUT2D eigenvalue weighted by Crippen LogP contribution is 2.44. The lowest BCUT2D eigenvalue weighted by Gasteiger charge is -2.19. The van der Waals surface area contributed by atoms with Crippen LogP contribution >= 0.6 is 0 Å². The molecule has 152 valence electrons. The Morgan fingerprint density at radius 1 is 0.967 bits per heavy atom. The first-order valence-corrected chi connectivity index (χ1v) is 9.84. The Balaban J connectivity index is 1.43. The number of carboxylic acid groups (broad SMARTS) is 1. The molecule has 3 aromatic rings. The maximum atomic E-state index is 12.5. The first-order chi connectivity index (χ1) is 14.6. The molecule has 1 aromatic heterocycles. The summed E-state index contributed by atoms with van der Waals surface area (Å²) in [5.41, 5.74) is 5.47. The third-order valence-electron chi connectivity index (χ3n) is 5.32. The van der Waals surface area contributed by atoms with Crippen molar-refractivity contribution in [1.82, 2.24) is 10.3 Å². The van der Waals surface area contributed by atoms with Gasteiger partial charge in [0.2, 0.25) is 0 Å². The van der Waals surface area contributed by atoms with Gasteiger partial charge in [0, 0.05) is 24.4 Å². The molecule has 1 amide bonds. The van der Waals surface area contributed by atoms with E-state index in [9.17, 15) is 14.7 Å². The van der Waals surface area contributed by atoms with Crippen molar-refractivity contribution in [2.24, 2.45) is 0 Å². The van der Waals surface area contributed by atoms with Crippen LogP contribution in [-0.2, 0) is 16.0 Å². The Hall–Kier alpha value is -3.67. The predicted octanol–water partition coefficient (Wildman–Crippen LogP) is 4.01. The summed E-state index contributed by atoms with van der Waals surface area (Å²) >= 11 is 0. The zero-order valence-electron chi connectivity index (χ0n) is 16.3. The van der Waals surface area contributed by atoms with E-state index < -0.39 is 18.1 Å². The molecule has 0 aliphatic heterocycles. The smallest absolute Gasteiger partial charge is 0.407 e. The van der Waals surface area contributed by atoms with E-state index in [1.807, 2.05) is 24.3 Å². The van der Waals surface area contributed by atoms with Crippen LogP contribution in [0.5, 0.6) is 0 Å². The molecule has 0 saturated carbocycles. The predicted molar refractivity (Wildman–Crippen MR) is 112 cm³/mol. The highest BCUT2D eigenvalue weighted by molar-refractivity contribution is 5.79. The van der Waals surface area contributed by atoms with Crippen molar-refractivity contribution < 1.29 is 19.4 Å². The van der Waals surface area contributed by atoms with Crippen LogP contribution in [0.4, 0.5) is 4.79 Å². The van der Waals surface area contributed by atoms with Crippen LogP contribution < -0.4 is 5.32 Å². The van der Waals surface area contributed by atoms with Crippen LogP contribution in [0.2, 0.25) is 0 Å². The van der Waals surface area contributed by atoms with Gasteiger partial charge in [-0.05, 0) is 46.4 Å². The number of hydrogen-bond donors (Lipinski definition) is 2. The number of nitrogens with one attached hydrogen (secondary N) is 1. The lowest BCUT2D eigenvalue weighted by molar-refractivity contribution is -0.137. The van der Waals surface area contributed by atoms with Gasteiger partial charge in [0.15, 0.2) is 0 Å². The topological polar surface area (TPSA) is 88.5 Å². The van der Waals surface area contributed by atoms with Gasteiger partial charge >= 0.3 is 12.1 Å². The fourth-order valence-electron chi connectivity index (χ4n) is 4.00. The van der Waals surface area contributed by atoms with Crippen molar-refractivity contribution in [3.63, 3.8) is 0 Å². The third kappa shape index (κ3) is 4.33. The number of amides is 1. The Morgan fingerprint density at radius 3 is 2.17 bits per heavy atom. The molecule has 0 saturated heterocycles. The van der Waals surface area contributed by atoms with E-state index in [1.54, 1.807) is 24.5 Å². The van der Waals surface area contributed by atoms with E-state index in [1.165, 1.54) is 0 Å². The Kier molecular flexibility index (Phi) is 5.75. The molecule has 0 radical (unpaired) electrons. The molecule has 1 aliphatic carbocycles. The molecule has 30 heavy (non-hydrogen) atoms. The first kappa shape index (κ1) is 19.6. The van der Waals surface area contributed by atoms with Crippen molar-refractivity contribution in [2.45, 2.75) is 24.8 Å². The van der Waals surface area contributed by atoms with Gasteiger partial charge in [0.05, 0.1) is 6.42 Å². The van der Waals surface area contributed by atoms with Gasteiger partial charge in [0.25, 0.3) is 0 Å². The highest BCUT2D eigenvalue weighted by Gasteiger charge is 2.29. The number of benzene rings is 2. The van der Waals surface area contributed by atoms with E-state index in [-0.39, 0.29) is 18.9 Å². The maximum absolute atomic E-state index is 12.5. The van der Waals surface area contributed by atoms with Gasteiger partial charge in [0.1, 0.15) is 6.61 Å². The van der Waals surface area contributed by atoms with E-state index >= 15 is 0 Å². The summed E-state index contributed by atoms with van der Waals surface area (Å²) in [6.07, 6.45) is 2.86. The number of hydrogen-bond acceptors (Lipinski definition) is 4. The number of carboxylic acids is 1. The molecule has 0 unspecified atom stereocenters. The van der Waals surface area contributed by atoms with Crippen molar-refractivity contribution in [1.29, 1.82) is 0 Å². The molecule has 0 bridgehead atoms. The summed E-state index contributed by atoms with van der Waals surface area (Å²) in [5, 5.41) is 11.9. The van der Waals surface area contributed by atoms with Crippen LogP contribution in [0.25, 0.3) is 11.1 Å². The lowest BCUT2D eigenvalue weighted by Crippen LogP contribution is -2.39. The first-order valence-electron chi connectivity index (χ1n) is 9.84. The summed E-state index contributed by atoms with van der Waals surface area (Å²) in [6.45, 7) is 0.189. The standard InChI is InChI=1S/C24H22N2O4/c27-23(28)14-17(13-16-9-11-25-12-10-16)26-24(29)30-15-22-20-7-3-1-5-18(20)19-6-2-4-8-21(19)22/h1-12,17,22H,13-15H2,(H,26,29)(H,27,28)/t17-/m0/s1. The number of nitrogens with zero attached hydrogens (tertiary/aromatic N) is 1. The molecule has 1 heterocycles. The maximum Gasteiger partial charge on any atom is 0.407 e. The SMILES string of the molecule is O=C(O)C[C@H](Cc1ccncc1)NC(=O)OCC1c2ccccc2-c2ccccc21. The molecular weight excluding hydrogens is 380 g/mol. The molecule has 2 aromatic carbocycles. The van der Waals surface area contributed by atoms with Crippen LogP contribution in [0.3, 0.4) is 0 Å². The second kappa shape index (κ2) is 8.78. The molecule has 6 nitrogen and oxygen atoms in total. The highest BCUT2D eigenvalue weighted by atomic mass is 16.5. The summed E-state index contributed by atoms with van der Waals surface area (Å²) < 4.78 is 5.53. The van der Waals surface area contributed by atoms with E-state index in [4.69, 9.17) is 4.74 Å². The van der Waals surface area contributed by atoms with Crippen LogP contribution in [0.15, 0.2) is 73.1 Å². The number of aromatic nitrogens is 1. The third-order valence-corrected chi connectivity index (χ3v) is 5.32. The molecule has 1 aliphatic rings. The van der Waals surface area contributed by atoms with E-state index in [0.717, 1.165) is 27.8 Å². The van der Waals surface area contributed by atoms with Crippen molar-refractivity contribution in [2.75, 3.05) is 6.61 Å². The Labute approximate surface area is 174 Å². The zero-order chi connectivity index (χ0) is 20.9. The zero-order valence-corrected chi connectivity index (χ0v) is 16.3. The minimum Gasteiger partial charge on any atom is -0.481 e. The van der Waals surface area contributed by atoms with Gasteiger partial charge in [-0.1, -0.05) is 48.5 Å². The normalized spacial score (nSPS) is 13.2. The van der Waals surface area contributed by atoms with Crippen molar-refractivity contribution in [3.05, 3.63) is 89.7 Å². The average molecular weight is 402 g/mol. The number of carbonyl (C=O) groups is 2. The monoisotopic (exact) mass is 402 g/mol.